The summed E-state index contributed by atoms with van der Waals surface area (Å²) < 4.78 is 45.7. The van der Waals surface area contributed by atoms with Crippen molar-refractivity contribution in [1.82, 2.24) is 0 Å². The van der Waals surface area contributed by atoms with Crippen molar-refractivity contribution in [3.63, 3.8) is 0 Å². The Morgan fingerprint density at radius 1 is 1.21 bits per heavy atom. The van der Waals surface area contributed by atoms with Crippen LogP contribution in [0.3, 0.4) is 0 Å². The smallest absolute Gasteiger partial charge is 0.0577 e. The second-order valence-electron chi connectivity index (χ2n) is 11.1. The predicted molar refractivity (Wildman–Crippen MR) is 119 cm³/mol. The molecule has 8 atom stereocenters. The van der Waals surface area contributed by atoms with Gasteiger partial charge < -0.3 is 5.11 Å². The minimum absolute atomic E-state index is 0.161. The van der Waals surface area contributed by atoms with Crippen LogP contribution in [0.5, 0.6) is 0 Å². The molecule has 1 N–H and O–H groups in total. The third kappa shape index (κ3) is 3.34. The highest BCUT2D eigenvalue weighted by Gasteiger charge is 2.58. The number of hydrogen-bond donors (Lipinski definition) is 1. The molecule has 3 saturated carbocycles. The second-order valence-corrected chi connectivity index (χ2v) is 11.1. The Morgan fingerprint density at radius 2 is 2.04 bits per heavy atom. The largest absolute Gasteiger partial charge is 0.393 e. The van der Waals surface area contributed by atoms with Gasteiger partial charge in [-0.15, -0.1) is 0 Å². The van der Waals surface area contributed by atoms with Crippen LogP contribution in [-0.4, -0.2) is 11.2 Å². The molecule has 0 aromatic carbocycles. The van der Waals surface area contributed by atoms with Gasteiger partial charge in [0.15, 0.2) is 0 Å². The Bertz CT molecular complexity index is 810. The van der Waals surface area contributed by atoms with Gasteiger partial charge in [-0.05, 0) is 118 Å². The second kappa shape index (κ2) is 7.60. The third-order valence-corrected chi connectivity index (χ3v) is 9.81. The van der Waals surface area contributed by atoms with Gasteiger partial charge in [0.1, 0.15) is 0 Å². The fourth-order valence-electron chi connectivity index (χ4n) is 8.31. The first kappa shape index (κ1) is 14.4. The van der Waals surface area contributed by atoms with Crippen molar-refractivity contribution in [3.05, 3.63) is 23.3 Å². The molecule has 0 radical (unpaired) electrons. The van der Waals surface area contributed by atoms with Crippen LogP contribution in [0.1, 0.15) is 107 Å². The lowest BCUT2D eigenvalue weighted by Crippen LogP contribution is -2.50. The molecule has 0 spiro atoms. The standard InChI is InChI=1S/C27H44O/c1-18(2)7-6-8-19(3)23-11-12-24-22-10-9-20-17-21(28)13-15-26(20,4)25(22)14-16-27(23,24)5/h7,9,19,21-25,28H,6,8,10-17H2,1-5H3/t19-,21+,22+,23-,24+,25+,26+,27-/m1/s1/i1D3,2D3. The summed E-state index contributed by atoms with van der Waals surface area (Å²) in [5, 5.41) is 10.2. The lowest BCUT2D eigenvalue weighted by molar-refractivity contribution is -0.0571. The van der Waals surface area contributed by atoms with Crippen molar-refractivity contribution < 1.29 is 13.3 Å². The van der Waals surface area contributed by atoms with Crippen LogP contribution < -0.4 is 0 Å². The average Bonchev–Trinajstić information content (AvgIpc) is 3.07. The molecular formula is C27H44O. The van der Waals surface area contributed by atoms with E-state index in [0.717, 1.165) is 49.9 Å². The fourth-order valence-corrected chi connectivity index (χ4v) is 8.31. The highest BCUT2D eigenvalue weighted by atomic mass is 16.3. The van der Waals surface area contributed by atoms with Crippen LogP contribution in [0, 0.1) is 40.4 Å². The van der Waals surface area contributed by atoms with Crippen LogP contribution in [0.15, 0.2) is 23.3 Å². The van der Waals surface area contributed by atoms with Crippen molar-refractivity contribution >= 4 is 0 Å². The number of allylic oxidation sites excluding steroid dienone is 3. The summed E-state index contributed by atoms with van der Waals surface area (Å²) in [6, 6.07) is 0. The zero-order valence-electron chi connectivity index (χ0n) is 24.1. The highest BCUT2D eigenvalue weighted by Crippen LogP contribution is 2.67. The molecule has 28 heavy (non-hydrogen) atoms. The van der Waals surface area contributed by atoms with E-state index in [0.29, 0.717) is 23.7 Å². The Labute approximate surface area is 182 Å². The van der Waals surface area contributed by atoms with Gasteiger partial charge in [-0.3, -0.25) is 0 Å². The van der Waals surface area contributed by atoms with Crippen molar-refractivity contribution in [3.8, 4) is 0 Å². The van der Waals surface area contributed by atoms with Gasteiger partial charge in [0.2, 0.25) is 0 Å². The SMILES string of the molecule is [2H]C([2H])([2H])C(=CCC[C@@H](C)[C@H]1CC[C@H]2[C@@H]3CC=C4C[C@@H](O)CC[C@]4(C)[C@H]3CC[C@]12C)C([2H])([2H])[2H]. The van der Waals surface area contributed by atoms with E-state index in [1.54, 1.807) is 0 Å². The third-order valence-electron chi connectivity index (χ3n) is 9.81. The first-order valence-corrected chi connectivity index (χ1v) is 11.8. The molecule has 0 aromatic rings. The number of rotatable bonds is 4. The van der Waals surface area contributed by atoms with Crippen LogP contribution in [0.4, 0.5) is 0 Å². The van der Waals surface area contributed by atoms with Crippen molar-refractivity contribution in [2.45, 2.75) is 105 Å². The van der Waals surface area contributed by atoms with Crippen LogP contribution >= 0.6 is 0 Å². The number of aliphatic hydroxyl groups is 1. The molecule has 0 amide bonds. The minimum atomic E-state index is -2.56. The molecular weight excluding hydrogens is 340 g/mol. The van der Waals surface area contributed by atoms with E-state index >= 15 is 0 Å². The topological polar surface area (TPSA) is 20.2 Å². The average molecular weight is 391 g/mol. The van der Waals surface area contributed by atoms with E-state index in [9.17, 15) is 5.11 Å². The van der Waals surface area contributed by atoms with Crippen molar-refractivity contribution in [2.24, 2.45) is 40.4 Å². The maximum Gasteiger partial charge on any atom is 0.0577 e. The first-order chi connectivity index (χ1) is 15.7. The molecule has 158 valence electrons. The molecule has 0 aromatic heterocycles. The molecule has 3 fully saturated rings. The quantitative estimate of drug-likeness (QED) is 0.499. The van der Waals surface area contributed by atoms with E-state index in [2.05, 4.69) is 26.8 Å². The first-order valence-electron chi connectivity index (χ1n) is 14.8. The summed E-state index contributed by atoms with van der Waals surface area (Å²) in [7, 11) is 0. The number of fused-ring (bicyclic) bond motifs is 5. The molecule has 0 aliphatic heterocycles. The van der Waals surface area contributed by atoms with Gasteiger partial charge >= 0.3 is 0 Å². The van der Waals surface area contributed by atoms with Crippen molar-refractivity contribution in [2.75, 3.05) is 0 Å². The van der Waals surface area contributed by atoms with E-state index in [4.69, 9.17) is 8.22 Å². The number of aliphatic hydroxyl groups excluding tert-OH is 1. The molecule has 0 bridgehead atoms. The molecule has 1 nitrogen and oxygen atoms in total. The van der Waals surface area contributed by atoms with E-state index < -0.39 is 13.7 Å². The normalized spacial score (nSPS) is 50.1. The van der Waals surface area contributed by atoms with Gasteiger partial charge in [-0.2, -0.15) is 0 Å². The highest BCUT2D eigenvalue weighted by molar-refractivity contribution is 5.25. The zero-order chi connectivity index (χ0) is 25.1. The molecule has 4 aliphatic rings. The molecule has 0 unspecified atom stereocenters. The lowest BCUT2D eigenvalue weighted by Gasteiger charge is -2.58. The Hall–Kier alpha value is -0.560. The number of hydrogen-bond acceptors (Lipinski definition) is 1. The van der Waals surface area contributed by atoms with E-state index in [-0.39, 0.29) is 17.1 Å². The van der Waals surface area contributed by atoms with Crippen LogP contribution in [0.25, 0.3) is 0 Å². The summed E-state index contributed by atoms with van der Waals surface area (Å²) in [5.74, 6) is 3.26. The molecule has 0 heterocycles. The molecule has 0 saturated heterocycles. The van der Waals surface area contributed by atoms with Gasteiger partial charge in [0, 0.05) is 8.22 Å². The van der Waals surface area contributed by atoms with Crippen molar-refractivity contribution in [1.29, 1.82) is 0 Å². The molecule has 4 aliphatic carbocycles. The predicted octanol–water partition coefficient (Wildman–Crippen LogP) is 7.31. The van der Waals surface area contributed by atoms with Crippen LogP contribution in [0.2, 0.25) is 0 Å². The molecule has 4 rings (SSSR count). The van der Waals surface area contributed by atoms with Gasteiger partial charge in [0.05, 0.1) is 6.10 Å². The van der Waals surface area contributed by atoms with E-state index in [1.165, 1.54) is 37.3 Å². The zero-order valence-corrected chi connectivity index (χ0v) is 18.1. The summed E-state index contributed by atoms with van der Waals surface area (Å²) >= 11 is 0. The summed E-state index contributed by atoms with van der Waals surface area (Å²) in [6.45, 7) is 2.16. The monoisotopic (exact) mass is 390 g/mol. The summed E-state index contributed by atoms with van der Waals surface area (Å²) in [5.41, 5.74) is 1.72. The van der Waals surface area contributed by atoms with E-state index in [1.807, 2.05) is 0 Å². The van der Waals surface area contributed by atoms with Gasteiger partial charge in [0.25, 0.3) is 0 Å². The summed E-state index contributed by atoms with van der Waals surface area (Å²) in [6.07, 6.45) is 14.3. The van der Waals surface area contributed by atoms with Crippen LogP contribution in [-0.2, 0) is 0 Å². The Balaban J connectivity index is 1.46. The Kier molecular flexibility index (Phi) is 3.92. The minimum Gasteiger partial charge on any atom is -0.393 e. The lowest BCUT2D eigenvalue weighted by atomic mass is 9.47. The maximum absolute atomic E-state index is 10.2. The van der Waals surface area contributed by atoms with Gasteiger partial charge in [-0.1, -0.05) is 44.1 Å². The maximum atomic E-state index is 10.2. The summed E-state index contributed by atoms with van der Waals surface area (Å²) in [4.78, 5) is 0. The van der Waals surface area contributed by atoms with Gasteiger partial charge in [-0.25, -0.2) is 0 Å². The molecule has 1 heteroatoms. The Morgan fingerprint density at radius 3 is 2.82 bits per heavy atom. The fraction of sp³-hybridized carbons (Fsp3) is 0.852.